The topological polar surface area (TPSA) is 46.2 Å². The Morgan fingerprint density at radius 3 is 2.31 bits per heavy atom. The average molecular weight is 363 g/mol. The summed E-state index contributed by atoms with van der Waals surface area (Å²) in [7, 11) is 0. The lowest BCUT2D eigenvalue weighted by Gasteiger charge is -2.22. The summed E-state index contributed by atoms with van der Waals surface area (Å²) in [4.78, 5) is 0. The second-order valence-corrected chi connectivity index (χ2v) is 4.95. The van der Waals surface area contributed by atoms with Crippen LogP contribution in [-0.4, -0.2) is 17.4 Å². The van der Waals surface area contributed by atoms with E-state index in [1.807, 2.05) is 0 Å². The fourth-order valence-corrected chi connectivity index (χ4v) is 2.03. The summed E-state index contributed by atoms with van der Waals surface area (Å²) < 4.78 is 37.8. The van der Waals surface area contributed by atoms with Crippen molar-refractivity contribution in [1.82, 2.24) is 0 Å². The Hall–Kier alpha value is -0.110. The first kappa shape index (κ1) is 14.0. The van der Waals surface area contributed by atoms with Crippen LogP contribution in [-0.2, 0) is 0 Å². The lowest BCUT2D eigenvalue weighted by molar-refractivity contribution is -0.210. The van der Waals surface area contributed by atoms with Gasteiger partial charge in [0.25, 0.3) is 0 Å². The maximum absolute atomic E-state index is 12.3. The summed E-state index contributed by atoms with van der Waals surface area (Å²) in [5.74, 6) is 0. The molecular weight excluding hydrogens is 355 g/mol. The summed E-state index contributed by atoms with van der Waals surface area (Å²) in [6.45, 7) is 0. The van der Waals surface area contributed by atoms with E-state index in [9.17, 15) is 13.2 Å². The van der Waals surface area contributed by atoms with E-state index in [-0.39, 0.29) is 5.56 Å². The molecule has 2 atom stereocenters. The molecule has 0 aliphatic carbocycles. The normalized spacial score (nSPS) is 15.9. The van der Waals surface area contributed by atoms with E-state index >= 15 is 0 Å². The van der Waals surface area contributed by atoms with Crippen LogP contribution in [0.15, 0.2) is 27.1 Å². The van der Waals surface area contributed by atoms with Crippen molar-refractivity contribution < 1.29 is 18.3 Å². The molecule has 0 aliphatic heterocycles. The quantitative estimate of drug-likeness (QED) is 0.849. The predicted molar refractivity (Wildman–Crippen MR) is 60.8 cm³/mol. The van der Waals surface area contributed by atoms with Crippen molar-refractivity contribution in [1.29, 1.82) is 0 Å². The van der Waals surface area contributed by atoms with E-state index in [1.54, 1.807) is 12.1 Å². The van der Waals surface area contributed by atoms with Gasteiger partial charge in [-0.3, -0.25) is 0 Å². The molecule has 1 rings (SSSR count). The SMILES string of the molecule is N[C@@H](c1cc(Br)ccc1Br)[C@H](O)C(F)(F)F. The van der Waals surface area contributed by atoms with Gasteiger partial charge in [0.15, 0.2) is 6.10 Å². The van der Waals surface area contributed by atoms with E-state index in [0.29, 0.717) is 8.95 Å². The molecule has 90 valence electrons. The van der Waals surface area contributed by atoms with Crippen molar-refractivity contribution in [3.8, 4) is 0 Å². The number of aliphatic hydroxyl groups is 1. The summed E-state index contributed by atoms with van der Waals surface area (Å²) >= 11 is 6.21. The van der Waals surface area contributed by atoms with Gasteiger partial charge in [0.1, 0.15) is 0 Å². The van der Waals surface area contributed by atoms with Gasteiger partial charge in [0.05, 0.1) is 6.04 Å². The first-order valence-electron chi connectivity index (χ1n) is 4.19. The molecule has 0 bridgehead atoms. The highest BCUT2D eigenvalue weighted by atomic mass is 79.9. The van der Waals surface area contributed by atoms with Crippen molar-refractivity contribution >= 4 is 31.9 Å². The van der Waals surface area contributed by atoms with E-state index in [2.05, 4.69) is 31.9 Å². The van der Waals surface area contributed by atoms with Crippen LogP contribution in [0.4, 0.5) is 13.2 Å². The van der Waals surface area contributed by atoms with Crippen molar-refractivity contribution in [2.75, 3.05) is 0 Å². The third kappa shape index (κ3) is 3.19. The van der Waals surface area contributed by atoms with Crippen LogP contribution in [0.1, 0.15) is 11.6 Å². The van der Waals surface area contributed by atoms with Crippen molar-refractivity contribution in [2.45, 2.75) is 18.3 Å². The van der Waals surface area contributed by atoms with Crippen LogP contribution in [0.3, 0.4) is 0 Å². The Balaban J connectivity index is 3.05. The van der Waals surface area contributed by atoms with E-state index in [0.717, 1.165) is 0 Å². The van der Waals surface area contributed by atoms with E-state index in [4.69, 9.17) is 10.8 Å². The molecule has 0 aliphatic rings. The van der Waals surface area contributed by atoms with Gasteiger partial charge in [-0.25, -0.2) is 0 Å². The lowest BCUT2D eigenvalue weighted by atomic mass is 10.0. The Morgan fingerprint density at radius 2 is 1.81 bits per heavy atom. The van der Waals surface area contributed by atoms with Crippen LogP contribution in [0.5, 0.6) is 0 Å². The highest BCUT2D eigenvalue weighted by Crippen LogP contribution is 2.33. The third-order valence-electron chi connectivity index (χ3n) is 1.99. The van der Waals surface area contributed by atoms with Crippen molar-refractivity contribution in [3.63, 3.8) is 0 Å². The molecule has 0 aromatic heterocycles. The minimum atomic E-state index is -4.73. The highest BCUT2D eigenvalue weighted by Gasteiger charge is 2.43. The maximum Gasteiger partial charge on any atom is 0.416 e. The molecule has 7 heteroatoms. The average Bonchev–Trinajstić information content (AvgIpc) is 2.18. The number of aliphatic hydroxyl groups excluding tert-OH is 1. The summed E-state index contributed by atoms with van der Waals surface area (Å²) in [6.07, 6.45) is -7.32. The highest BCUT2D eigenvalue weighted by molar-refractivity contribution is 9.11. The van der Waals surface area contributed by atoms with Crippen LogP contribution >= 0.6 is 31.9 Å². The fourth-order valence-electron chi connectivity index (χ4n) is 1.14. The molecule has 0 unspecified atom stereocenters. The number of hydrogen-bond acceptors (Lipinski definition) is 2. The van der Waals surface area contributed by atoms with Crippen LogP contribution in [0.2, 0.25) is 0 Å². The zero-order chi connectivity index (χ0) is 12.5. The summed E-state index contributed by atoms with van der Waals surface area (Å²) in [5, 5.41) is 9.04. The maximum atomic E-state index is 12.3. The van der Waals surface area contributed by atoms with Crippen molar-refractivity contribution in [2.24, 2.45) is 5.73 Å². The van der Waals surface area contributed by atoms with Crippen molar-refractivity contribution in [3.05, 3.63) is 32.7 Å². The molecule has 0 radical (unpaired) electrons. The second-order valence-electron chi connectivity index (χ2n) is 3.18. The van der Waals surface area contributed by atoms with Gasteiger partial charge >= 0.3 is 6.18 Å². The molecule has 16 heavy (non-hydrogen) atoms. The second kappa shape index (κ2) is 5.03. The van der Waals surface area contributed by atoms with Gasteiger partial charge in [-0.15, -0.1) is 0 Å². The lowest BCUT2D eigenvalue weighted by Crippen LogP contribution is -2.39. The number of rotatable bonds is 2. The molecule has 0 saturated carbocycles. The first-order valence-corrected chi connectivity index (χ1v) is 5.77. The molecule has 0 heterocycles. The Morgan fingerprint density at radius 1 is 1.25 bits per heavy atom. The van der Waals surface area contributed by atoms with Crippen LogP contribution in [0, 0.1) is 0 Å². The first-order chi connectivity index (χ1) is 7.23. The molecule has 1 aromatic rings. The molecule has 3 N–H and O–H groups in total. The Bertz CT molecular complexity index is 384. The zero-order valence-electron chi connectivity index (χ0n) is 7.80. The molecule has 1 aromatic carbocycles. The Kier molecular flexibility index (Phi) is 4.39. The summed E-state index contributed by atoms with van der Waals surface area (Å²) in [6, 6.07) is 3.12. The number of nitrogens with two attached hydrogens (primary N) is 1. The molecule has 0 spiro atoms. The minimum Gasteiger partial charge on any atom is -0.382 e. The minimum absolute atomic E-state index is 0.194. The third-order valence-corrected chi connectivity index (χ3v) is 3.21. The smallest absolute Gasteiger partial charge is 0.382 e. The number of halogens is 5. The summed E-state index contributed by atoms with van der Waals surface area (Å²) in [5.41, 5.74) is 5.57. The number of hydrogen-bond donors (Lipinski definition) is 2. The zero-order valence-corrected chi connectivity index (χ0v) is 11.0. The largest absolute Gasteiger partial charge is 0.416 e. The fraction of sp³-hybridized carbons (Fsp3) is 0.333. The van der Waals surface area contributed by atoms with Gasteiger partial charge in [-0.1, -0.05) is 31.9 Å². The number of alkyl halides is 3. The molecule has 0 amide bonds. The monoisotopic (exact) mass is 361 g/mol. The standard InChI is InChI=1S/C9H8Br2F3NO/c10-4-1-2-6(11)5(3-4)7(15)8(16)9(12,13)14/h1-3,7-8,16H,15H2/t7-,8-/m0/s1. The van der Waals surface area contributed by atoms with Gasteiger partial charge < -0.3 is 10.8 Å². The van der Waals surface area contributed by atoms with Crippen LogP contribution < -0.4 is 5.73 Å². The van der Waals surface area contributed by atoms with E-state index in [1.165, 1.54) is 6.07 Å². The van der Waals surface area contributed by atoms with Gasteiger partial charge in [0.2, 0.25) is 0 Å². The van der Waals surface area contributed by atoms with Gasteiger partial charge in [0, 0.05) is 8.95 Å². The predicted octanol–water partition coefficient (Wildman–Crippen LogP) is 3.13. The molecule has 2 nitrogen and oxygen atoms in total. The number of benzene rings is 1. The molecule has 0 saturated heterocycles. The van der Waals surface area contributed by atoms with Crippen LogP contribution in [0.25, 0.3) is 0 Å². The molecular formula is C9H8Br2F3NO. The van der Waals surface area contributed by atoms with E-state index < -0.39 is 18.3 Å². The van der Waals surface area contributed by atoms with Gasteiger partial charge in [-0.2, -0.15) is 13.2 Å². The Labute approximate surface area is 107 Å². The van der Waals surface area contributed by atoms with Gasteiger partial charge in [-0.05, 0) is 23.8 Å². The molecule has 0 fully saturated rings.